The van der Waals surface area contributed by atoms with E-state index in [-0.39, 0.29) is 6.10 Å². The summed E-state index contributed by atoms with van der Waals surface area (Å²) in [6.45, 7) is 14.5. The molecule has 0 amide bonds. The van der Waals surface area contributed by atoms with Crippen LogP contribution in [0.25, 0.3) is 0 Å². The monoisotopic (exact) mass is 553 g/mol. The summed E-state index contributed by atoms with van der Waals surface area (Å²) in [6, 6.07) is 0. The second-order valence-corrected chi connectivity index (χ2v) is 13.0. The number of rotatable bonds is 29. The molecule has 0 aromatic heterocycles. The largest absolute Gasteiger partial charge is 0.396 e. The molecule has 4 heteroatoms. The highest BCUT2D eigenvalue weighted by Crippen LogP contribution is 2.36. The second-order valence-electron chi connectivity index (χ2n) is 13.0. The van der Waals surface area contributed by atoms with Crippen molar-refractivity contribution in [3.05, 3.63) is 12.7 Å². The van der Waals surface area contributed by atoms with Crippen molar-refractivity contribution in [2.45, 2.75) is 149 Å². The molecule has 1 saturated carbocycles. The minimum absolute atomic E-state index is 0.0231. The van der Waals surface area contributed by atoms with Crippen molar-refractivity contribution >= 4 is 0 Å². The summed E-state index contributed by atoms with van der Waals surface area (Å²) in [5, 5.41) is 8.83. The summed E-state index contributed by atoms with van der Waals surface area (Å²) in [6.07, 6.45) is 27.0. The Bertz CT molecular complexity index is 523. The van der Waals surface area contributed by atoms with Gasteiger partial charge in [0.05, 0.1) is 19.8 Å². The highest BCUT2D eigenvalue weighted by Gasteiger charge is 2.23. The maximum atomic E-state index is 8.83. The molecule has 0 saturated heterocycles. The van der Waals surface area contributed by atoms with Crippen molar-refractivity contribution in [1.82, 2.24) is 0 Å². The van der Waals surface area contributed by atoms with Gasteiger partial charge in [-0.05, 0) is 55.8 Å². The fraction of sp³-hybridized carbons (Fsp3) is 0.943. The number of ether oxygens (including phenoxy) is 3. The van der Waals surface area contributed by atoms with Gasteiger partial charge < -0.3 is 19.3 Å². The van der Waals surface area contributed by atoms with Crippen LogP contribution in [0.4, 0.5) is 0 Å². The van der Waals surface area contributed by atoms with Crippen molar-refractivity contribution in [2.75, 3.05) is 39.6 Å². The topological polar surface area (TPSA) is 47.9 Å². The lowest BCUT2D eigenvalue weighted by Crippen LogP contribution is -2.27. The summed E-state index contributed by atoms with van der Waals surface area (Å²) in [5.74, 6) is 3.41. The highest BCUT2D eigenvalue weighted by molar-refractivity contribution is 4.76. The van der Waals surface area contributed by atoms with Crippen LogP contribution in [0.1, 0.15) is 143 Å². The zero-order valence-corrected chi connectivity index (χ0v) is 26.5. The van der Waals surface area contributed by atoms with Gasteiger partial charge in [0.25, 0.3) is 0 Å². The van der Waals surface area contributed by atoms with Gasteiger partial charge in [0.15, 0.2) is 0 Å². The van der Waals surface area contributed by atoms with E-state index in [2.05, 4.69) is 27.4 Å². The van der Waals surface area contributed by atoms with Crippen LogP contribution in [0, 0.1) is 23.7 Å². The molecule has 0 aromatic rings. The Hall–Kier alpha value is -0.420. The van der Waals surface area contributed by atoms with Gasteiger partial charge in [-0.3, -0.25) is 0 Å². The van der Waals surface area contributed by atoms with Gasteiger partial charge in [0, 0.05) is 19.8 Å². The Labute approximate surface area is 244 Å². The molecule has 232 valence electrons. The fourth-order valence-corrected chi connectivity index (χ4v) is 6.06. The first-order valence-electron chi connectivity index (χ1n) is 17.0. The van der Waals surface area contributed by atoms with Crippen LogP contribution in [-0.2, 0) is 14.2 Å². The predicted octanol–water partition coefficient (Wildman–Crippen LogP) is 9.53. The van der Waals surface area contributed by atoms with E-state index in [0.29, 0.717) is 32.3 Å². The Balaban J connectivity index is 2.05. The maximum Gasteiger partial charge on any atom is 0.104 e. The minimum Gasteiger partial charge on any atom is -0.396 e. The quantitative estimate of drug-likeness (QED) is 0.0741. The van der Waals surface area contributed by atoms with Crippen LogP contribution < -0.4 is 0 Å². The van der Waals surface area contributed by atoms with E-state index < -0.39 is 0 Å². The SMILES string of the molecule is C=CCOC[C@H](COCCC[C@@H]1CC[C@H](CCCCCCCCCCCO)C1)OCC[C@H](C)CCCC(C)C. The summed E-state index contributed by atoms with van der Waals surface area (Å²) in [5.41, 5.74) is 0. The molecule has 0 bridgehead atoms. The molecule has 0 radical (unpaired) electrons. The maximum absolute atomic E-state index is 8.83. The van der Waals surface area contributed by atoms with E-state index in [1.165, 1.54) is 109 Å². The van der Waals surface area contributed by atoms with Gasteiger partial charge >= 0.3 is 0 Å². The lowest BCUT2D eigenvalue weighted by Gasteiger charge is -2.20. The zero-order valence-electron chi connectivity index (χ0n) is 26.5. The van der Waals surface area contributed by atoms with Crippen molar-refractivity contribution in [2.24, 2.45) is 23.7 Å². The van der Waals surface area contributed by atoms with E-state index in [0.717, 1.165) is 43.8 Å². The molecule has 1 aliphatic carbocycles. The van der Waals surface area contributed by atoms with Crippen LogP contribution in [0.5, 0.6) is 0 Å². The predicted molar refractivity (Wildman–Crippen MR) is 167 cm³/mol. The van der Waals surface area contributed by atoms with Crippen LogP contribution in [0.3, 0.4) is 0 Å². The van der Waals surface area contributed by atoms with Gasteiger partial charge in [0.1, 0.15) is 6.10 Å². The highest BCUT2D eigenvalue weighted by atomic mass is 16.6. The molecular weight excluding hydrogens is 484 g/mol. The molecule has 0 aromatic carbocycles. The van der Waals surface area contributed by atoms with Crippen molar-refractivity contribution < 1.29 is 19.3 Å². The van der Waals surface area contributed by atoms with Gasteiger partial charge in [-0.2, -0.15) is 0 Å². The fourth-order valence-electron chi connectivity index (χ4n) is 6.06. The Morgan fingerprint density at radius 3 is 1.97 bits per heavy atom. The average Bonchev–Trinajstić information content (AvgIpc) is 3.36. The standard InChI is InChI=1S/C35H68O4/c1-5-25-37-29-35(39-27-23-32(4)18-15-17-31(2)3)30-38-26-16-20-34-22-21-33(28-34)19-13-11-9-7-6-8-10-12-14-24-36/h5,31-36H,1,6-30H2,2-4H3/t32-,33+,34-,35-/m1/s1. The molecule has 39 heavy (non-hydrogen) atoms. The van der Waals surface area contributed by atoms with E-state index in [9.17, 15) is 0 Å². The third-order valence-corrected chi connectivity index (χ3v) is 8.61. The van der Waals surface area contributed by atoms with Gasteiger partial charge in [0.2, 0.25) is 0 Å². The van der Waals surface area contributed by atoms with Crippen LogP contribution >= 0.6 is 0 Å². The molecule has 1 fully saturated rings. The number of hydrogen-bond acceptors (Lipinski definition) is 4. The Kier molecular flexibility index (Phi) is 24.9. The molecule has 0 unspecified atom stereocenters. The third kappa shape index (κ3) is 22.9. The molecule has 1 N–H and O–H groups in total. The molecule has 1 aliphatic rings. The van der Waals surface area contributed by atoms with E-state index in [4.69, 9.17) is 19.3 Å². The smallest absolute Gasteiger partial charge is 0.104 e. The van der Waals surface area contributed by atoms with Crippen LogP contribution in [-0.4, -0.2) is 50.9 Å². The van der Waals surface area contributed by atoms with E-state index in [1.54, 1.807) is 6.08 Å². The third-order valence-electron chi connectivity index (χ3n) is 8.61. The van der Waals surface area contributed by atoms with Crippen molar-refractivity contribution in [1.29, 1.82) is 0 Å². The van der Waals surface area contributed by atoms with Crippen molar-refractivity contribution in [3.8, 4) is 0 Å². The molecule has 4 nitrogen and oxygen atoms in total. The Morgan fingerprint density at radius 1 is 0.718 bits per heavy atom. The lowest BCUT2D eigenvalue weighted by molar-refractivity contribution is -0.0594. The summed E-state index contributed by atoms with van der Waals surface area (Å²) in [7, 11) is 0. The first-order valence-corrected chi connectivity index (χ1v) is 17.0. The average molecular weight is 553 g/mol. The normalized spacial score (nSPS) is 19.1. The molecule has 0 aliphatic heterocycles. The number of unbranched alkanes of at least 4 members (excludes halogenated alkanes) is 8. The number of aliphatic hydroxyl groups excluding tert-OH is 1. The van der Waals surface area contributed by atoms with E-state index in [1.807, 2.05) is 0 Å². The minimum atomic E-state index is 0.0231. The van der Waals surface area contributed by atoms with E-state index >= 15 is 0 Å². The Morgan fingerprint density at radius 2 is 1.33 bits per heavy atom. The van der Waals surface area contributed by atoms with Crippen LogP contribution in [0.15, 0.2) is 12.7 Å². The number of aliphatic hydroxyl groups is 1. The molecular formula is C35H68O4. The first kappa shape index (κ1) is 36.6. The van der Waals surface area contributed by atoms with Gasteiger partial charge in [-0.15, -0.1) is 6.58 Å². The van der Waals surface area contributed by atoms with Crippen molar-refractivity contribution in [3.63, 3.8) is 0 Å². The summed E-state index contributed by atoms with van der Waals surface area (Å²) >= 11 is 0. The number of hydrogen-bond donors (Lipinski definition) is 1. The second kappa shape index (κ2) is 26.5. The van der Waals surface area contributed by atoms with Crippen LogP contribution in [0.2, 0.25) is 0 Å². The first-order chi connectivity index (χ1) is 19.0. The summed E-state index contributed by atoms with van der Waals surface area (Å²) < 4.78 is 17.9. The molecule has 0 heterocycles. The molecule has 0 spiro atoms. The van der Waals surface area contributed by atoms with Gasteiger partial charge in [-0.1, -0.05) is 117 Å². The zero-order chi connectivity index (χ0) is 28.4. The molecule has 4 atom stereocenters. The van der Waals surface area contributed by atoms with Gasteiger partial charge in [-0.25, -0.2) is 0 Å². The lowest BCUT2D eigenvalue weighted by atomic mass is 9.96. The summed E-state index contributed by atoms with van der Waals surface area (Å²) in [4.78, 5) is 0. The molecule has 1 rings (SSSR count).